The summed E-state index contributed by atoms with van der Waals surface area (Å²) in [6, 6.07) is 9.85. The third-order valence-corrected chi connectivity index (χ3v) is 2.22. The second-order valence-corrected chi connectivity index (χ2v) is 3.28. The molecule has 0 saturated heterocycles. The summed E-state index contributed by atoms with van der Waals surface area (Å²) in [5.74, 6) is 0.816. The number of nitrogens with zero attached hydrogens (tertiary/aromatic N) is 1. The van der Waals surface area contributed by atoms with Crippen LogP contribution < -0.4 is 10.1 Å². The predicted octanol–water partition coefficient (Wildman–Crippen LogP) is 2.80. The van der Waals surface area contributed by atoms with E-state index in [9.17, 15) is 0 Å². The Hall–Kier alpha value is -1.69. The molecule has 0 aromatic heterocycles. The Morgan fingerprint density at radius 1 is 1.40 bits per heavy atom. The monoisotopic (exact) mass is 204 g/mol. The van der Waals surface area contributed by atoms with Crippen molar-refractivity contribution in [3.05, 3.63) is 24.3 Å². The normalized spacial score (nSPS) is 11.5. The van der Waals surface area contributed by atoms with Crippen LogP contribution in [0, 0.1) is 11.3 Å². The molecule has 0 heterocycles. The number of hydrogen-bond acceptors (Lipinski definition) is 3. The summed E-state index contributed by atoms with van der Waals surface area (Å²) in [5, 5.41) is 11.6. The molecule has 0 saturated carbocycles. The van der Waals surface area contributed by atoms with E-state index in [0.29, 0.717) is 6.42 Å². The van der Waals surface area contributed by atoms with Gasteiger partial charge in [0.2, 0.25) is 0 Å². The summed E-state index contributed by atoms with van der Waals surface area (Å²) in [7, 11) is 1.88. The minimum atomic E-state index is -0.00423. The van der Waals surface area contributed by atoms with Gasteiger partial charge < -0.3 is 10.1 Å². The minimum Gasteiger partial charge on any atom is -0.489 e. The van der Waals surface area contributed by atoms with E-state index >= 15 is 0 Å². The number of hydrogen-bond donors (Lipinski definition) is 1. The molecular formula is C12H16N2O. The standard InChI is InChI=1S/C12H16N2O/c1-3-11(8-9-13)15-12-6-4-10(14-2)5-7-12/h4-7,11,14H,3,8H2,1-2H3. The van der Waals surface area contributed by atoms with Crippen LogP contribution in [0.2, 0.25) is 0 Å². The lowest BCUT2D eigenvalue weighted by atomic mass is 10.2. The first-order valence-corrected chi connectivity index (χ1v) is 5.11. The van der Waals surface area contributed by atoms with Crippen LogP contribution in [0.25, 0.3) is 0 Å². The molecular weight excluding hydrogens is 188 g/mol. The quantitative estimate of drug-likeness (QED) is 0.802. The van der Waals surface area contributed by atoms with Crippen LogP contribution >= 0.6 is 0 Å². The zero-order valence-corrected chi connectivity index (χ0v) is 9.16. The first kappa shape index (κ1) is 11.4. The lowest BCUT2D eigenvalue weighted by Crippen LogP contribution is -2.14. The fourth-order valence-corrected chi connectivity index (χ4v) is 1.26. The molecule has 1 atom stereocenters. The van der Waals surface area contributed by atoms with Gasteiger partial charge in [0.15, 0.2) is 0 Å². The molecule has 0 aliphatic rings. The molecule has 1 N–H and O–H groups in total. The molecule has 1 rings (SSSR count). The Labute approximate surface area is 90.7 Å². The molecule has 3 nitrogen and oxygen atoms in total. The van der Waals surface area contributed by atoms with E-state index in [0.717, 1.165) is 17.9 Å². The van der Waals surface area contributed by atoms with Gasteiger partial charge in [-0.05, 0) is 30.7 Å². The van der Waals surface area contributed by atoms with Gasteiger partial charge in [-0.1, -0.05) is 6.92 Å². The van der Waals surface area contributed by atoms with Crippen molar-refractivity contribution in [1.82, 2.24) is 0 Å². The molecule has 0 fully saturated rings. The molecule has 0 aliphatic carbocycles. The van der Waals surface area contributed by atoms with Crippen LogP contribution in [0.15, 0.2) is 24.3 Å². The second-order valence-electron chi connectivity index (χ2n) is 3.28. The second kappa shape index (κ2) is 5.92. The summed E-state index contributed by atoms with van der Waals surface area (Å²) >= 11 is 0. The van der Waals surface area contributed by atoms with Crippen LogP contribution in [0.1, 0.15) is 19.8 Å². The summed E-state index contributed by atoms with van der Waals surface area (Å²) < 4.78 is 5.65. The van der Waals surface area contributed by atoms with Crippen molar-refractivity contribution < 1.29 is 4.74 Å². The Balaban J connectivity index is 2.59. The van der Waals surface area contributed by atoms with Crippen LogP contribution in [0.5, 0.6) is 5.75 Å². The average molecular weight is 204 g/mol. The van der Waals surface area contributed by atoms with E-state index < -0.39 is 0 Å². The summed E-state index contributed by atoms with van der Waals surface area (Å²) in [6.07, 6.45) is 1.28. The van der Waals surface area contributed by atoms with Crippen molar-refractivity contribution in [2.24, 2.45) is 0 Å². The molecule has 1 unspecified atom stereocenters. The molecule has 0 spiro atoms. The maximum absolute atomic E-state index is 8.59. The van der Waals surface area contributed by atoms with E-state index in [1.165, 1.54) is 0 Å². The van der Waals surface area contributed by atoms with Crippen molar-refractivity contribution in [1.29, 1.82) is 5.26 Å². The lowest BCUT2D eigenvalue weighted by Gasteiger charge is -2.14. The van der Waals surface area contributed by atoms with E-state index in [1.54, 1.807) is 0 Å². The van der Waals surface area contributed by atoms with Crippen LogP contribution in [-0.2, 0) is 0 Å². The van der Waals surface area contributed by atoms with Crippen LogP contribution in [-0.4, -0.2) is 13.2 Å². The molecule has 0 amide bonds. The Kier molecular flexibility index (Phi) is 4.49. The van der Waals surface area contributed by atoms with E-state index in [1.807, 2.05) is 38.2 Å². The van der Waals surface area contributed by atoms with E-state index in [2.05, 4.69) is 11.4 Å². The van der Waals surface area contributed by atoms with E-state index in [4.69, 9.17) is 10.00 Å². The summed E-state index contributed by atoms with van der Waals surface area (Å²) in [4.78, 5) is 0. The molecule has 3 heteroatoms. The minimum absolute atomic E-state index is 0.00423. The van der Waals surface area contributed by atoms with Crippen molar-refractivity contribution in [2.75, 3.05) is 12.4 Å². The third kappa shape index (κ3) is 3.51. The number of nitriles is 1. The van der Waals surface area contributed by atoms with Crippen molar-refractivity contribution in [3.8, 4) is 11.8 Å². The van der Waals surface area contributed by atoms with Gasteiger partial charge in [-0.25, -0.2) is 0 Å². The van der Waals surface area contributed by atoms with Gasteiger partial charge in [0.05, 0.1) is 12.5 Å². The third-order valence-electron chi connectivity index (χ3n) is 2.22. The highest BCUT2D eigenvalue weighted by molar-refractivity contribution is 5.45. The smallest absolute Gasteiger partial charge is 0.119 e. The van der Waals surface area contributed by atoms with Gasteiger partial charge in [0.1, 0.15) is 11.9 Å². The zero-order chi connectivity index (χ0) is 11.1. The Morgan fingerprint density at radius 3 is 2.53 bits per heavy atom. The van der Waals surface area contributed by atoms with Gasteiger partial charge in [-0.2, -0.15) is 5.26 Å². The molecule has 0 radical (unpaired) electrons. The highest BCUT2D eigenvalue weighted by Gasteiger charge is 2.06. The van der Waals surface area contributed by atoms with Gasteiger partial charge in [0, 0.05) is 12.7 Å². The van der Waals surface area contributed by atoms with Crippen LogP contribution in [0.4, 0.5) is 5.69 Å². The Morgan fingerprint density at radius 2 is 2.07 bits per heavy atom. The Bertz CT molecular complexity index is 326. The molecule has 0 aliphatic heterocycles. The zero-order valence-electron chi connectivity index (χ0n) is 9.16. The first-order valence-electron chi connectivity index (χ1n) is 5.11. The lowest BCUT2D eigenvalue weighted by molar-refractivity contribution is 0.202. The molecule has 0 bridgehead atoms. The van der Waals surface area contributed by atoms with Gasteiger partial charge >= 0.3 is 0 Å². The highest BCUT2D eigenvalue weighted by atomic mass is 16.5. The molecule has 1 aromatic carbocycles. The number of anilines is 1. The van der Waals surface area contributed by atoms with Crippen molar-refractivity contribution >= 4 is 5.69 Å². The summed E-state index contributed by atoms with van der Waals surface area (Å²) in [5.41, 5.74) is 1.05. The largest absolute Gasteiger partial charge is 0.489 e. The summed E-state index contributed by atoms with van der Waals surface area (Å²) in [6.45, 7) is 2.02. The van der Waals surface area contributed by atoms with Gasteiger partial charge in [0.25, 0.3) is 0 Å². The number of nitrogens with one attached hydrogen (secondary N) is 1. The fourth-order valence-electron chi connectivity index (χ4n) is 1.26. The predicted molar refractivity (Wildman–Crippen MR) is 60.9 cm³/mol. The topological polar surface area (TPSA) is 45.0 Å². The van der Waals surface area contributed by atoms with Gasteiger partial charge in [-0.15, -0.1) is 0 Å². The first-order chi connectivity index (χ1) is 7.30. The van der Waals surface area contributed by atoms with Gasteiger partial charge in [-0.3, -0.25) is 0 Å². The molecule has 15 heavy (non-hydrogen) atoms. The number of benzene rings is 1. The fraction of sp³-hybridized carbons (Fsp3) is 0.417. The van der Waals surface area contributed by atoms with Crippen molar-refractivity contribution in [3.63, 3.8) is 0 Å². The average Bonchev–Trinajstić information content (AvgIpc) is 2.29. The maximum atomic E-state index is 8.59. The highest BCUT2D eigenvalue weighted by Crippen LogP contribution is 2.18. The SMILES string of the molecule is CCC(CC#N)Oc1ccc(NC)cc1. The van der Waals surface area contributed by atoms with Crippen LogP contribution in [0.3, 0.4) is 0 Å². The van der Waals surface area contributed by atoms with Crippen molar-refractivity contribution in [2.45, 2.75) is 25.9 Å². The number of ether oxygens (including phenoxy) is 1. The molecule has 1 aromatic rings. The maximum Gasteiger partial charge on any atom is 0.119 e. The number of rotatable bonds is 5. The molecule has 80 valence electrons. The van der Waals surface area contributed by atoms with E-state index in [-0.39, 0.29) is 6.10 Å².